The molecule has 4 heteroatoms. The van der Waals surface area contributed by atoms with E-state index < -0.39 is 0 Å². The van der Waals surface area contributed by atoms with Crippen molar-refractivity contribution in [3.05, 3.63) is 71.5 Å². The van der Waals surface area contributed by atoms with Crippen molar-refractivity contribution in [2.24, 2.45) is 0 Å². The smallest absolute Gasteiger partial charge is 0.193 e. The molecule has 0 N–H and O–H groups in total. The number of hydrogen-bond acceptors (Lipinski definition) is 4. The summed E-state index contributed by atoms with van der Waals surface area (Å²) in [6.45, 7) is 2.23. The van der Waals surface area contributed by atoms with Gasteiger partial charge in [0.05, 0.1) is 6.26 Å². The van der Waals surface area contributed by atoms with E-state index in [9.17, 15) is 4.79 Å². The van der Waals surface area contributed by atoms with Gasteiger partial charge in [-0.25, -0.2) is 0 Å². The molecule has 1 atom stereocenters. The first-order valence-corrected chi connectivity index (χ1v) is 10.9. The molecule has 0 saturated carbocycles. The summed E-state index contributed by atoms with van der Waals surface area (Å²) in [4.78, 5) is 17.8. The van der Waals surface area contributed by atoms with Crippen LogP contribution in [0.3, 0.4) is 0 Å². The van der Waals surface area contributed by atoms with Gasteiger partial charge in [-0.2, -0.15) is 0 Å². The van der Waals surface area contributed by atoms with Crippen molar-refractivity contribution in [2.45, 2.75) is 31.7 Å². The van der Waals surface area contributed by atoms with Gasteiger partial charge in [-0.1, -0.05) is 24.6 Å². The molecule has 1 unspecified atom stereocenters. The van der Waals surface area contributed by atoms with E-state index in [2.05, 4.69) is 11.0 Å². The van der Waals surface area contributed by atoms with Crippen molar-refractivity contribution in [3.63, 3.8) is 0 Å². The van der Waals surface area contributed by atoms with Crippen LogP contribution in [0.5, 0.6) is 0 Å². The summed E-state index contributed by atoms with van der Waals surface area (Å²) in [5.41, 5.74) is 5.78. The van der Waals surface area contributed by atoms with Gasteiger partial charge < -0.3 is 9.32 Å². The van der Waals surface area contributed by atoms with E-state index in [1.54, 1.807) is 0 Å². The monoisotopic (exact) mass is 400 g/mol. The number of ketones is 1. The highest BCUT2D eigenvalue weighted by Crippen LogP contribution is 2.36. The number of carbonyl (C=O) groups is 1. The average Bonchev–Trinajstić information content (AvgIpc) is 3.21. The molecule has 0 spiro atoms. The van der Waals surface area contributed by atoms with Crippen LogP contribution in [0.4, 0.5) is 5.69 Å². The Morgan fingerprint density at radius 3 is 2.83 bits per heavy atom. The zero-order chi connectivity index (χ0) is 20.7. The standard InChI is InChI=1S/C26H28N2O2/c1-27(2)21-8-5-6-19(15-21)26(29)20-9-10-25-23(16-20)24(17-30-25)18-11-13-28-12-4-3-7-22(28)14-18/h5-6,8-11,15-17,22H,3-4,7,12-14H2,1-2H3. The third-order valence-corrected chi connectivity index (χ3v) is 6.58. The van der Waals surface area contributed by atoms with Crippen LogP contribution in [-0.2, 0) is 0 Å². The number of fused-ring (bicyclic) bond motifs is 2. The van der Waals surface area contributed by atoms with E-state index in [1.165, 1.54) is 31.4 Å². The van der Waals surface area contributed by atoms with Crippen molar-refractivity contribution in [1.82, 2.24) is 4.90 Å². The number of piperidine rings is 1. The fraction of sp³-hybridized carbons (Fsp3) is 0.346. The Balaban J connectivity index is 1.48. The number of furan rings is 1. The van der Waals surface area contributed by atoms with Crippen LogP contribution in [0.15, 0.2) is 59.2 Å². The molecule has 2 aliphatic rings. The van der Waals surface area contributed by atoms with Gasteiger partial charge in [-0.15, -0.1) is 0 Å². The second-order valence-electron chi connectivity index (χ2n) is 8.71. The van der Waals surface area contributed by atoms with E-state index in [-0.39, 0.29) is 5.78 Å². The fourth-order valence-corrected chi connectivity index (χ4v) is 4.83. The molecule has 4 nitrogen and oxygen atoms in total. The minimum Gasteiger partial charge on any atom is -0.464 e. The highest BCUT2D eigenvalue weighted by atomic mass is 16.3. The lowest BCUT2D eigenvalue weighted by Gasteiger charge is -2.38. The summed E-state index contributed by atoms with van der Waals surface area (Å²) in [6, 6.07) is 14.2. The number of nitrogens with zero attached hydrogens (tertiary/aromatic N) is 2. The number of anilines is 1. The molecule has 1 fully saturated rings. The van der Waals surface area contributed by atoms with E-state index in [0.717, 1.165) is 35.2 Å². The van der Waals surface area contributed by atoms with Gasteiger partial charge in [0.25, 0.3) is 0 Å². The lowest BCUT2D eigenvalue weighted by atomic mass is 9.88. The van der Waals surface area contributed by atoms with Gasteiger partial charge in [0, 0.05) is 54.4 Å². The van der Waals surface area contributed by atoms with Gasteiger partial charge >= 0.3 is 0 Å². The van der Waals surface area contributed by atoms with Gasteiger partial charge in [-0.3, -0.25) is 9.69 Å². The number of carbonyl (C=O) groups excluding carboxylic acids is 1. The molecule has 0 amide bonds. The van der Waals surface area contributed by atoms with Crippen LogP contribution in [0.2, 0.25) is 0 Å². The predicted octanol–water partition coefficient (Wildman–Crippen LogP) is 5.37. The van der Waals surface area contributed by atoms with Crippen LogP contribution < -0.4 is 4.90 Å². The van der Waals surface area contributed by atoms with Crippen LogP contribution in [-0.4, -0.2) is 43.9 Å². The van der Waals surface area contributed by atoms with Crippen molar-refractivity contribution in [1.29, 1.82) is 0 Å². The highest BCUT2D eigenvalue weighted by molar-refractivity contribution is 6.11. The molecule has 30 heavy (non-hydrogen) atoms. The zero-order valence-corrected chi connectivity index (χ0v) is 17.7. The minimum absolute atomic E-state index is 0.0452. The maximum Gasteiger partial charge on any atom is 0.193 e. The van der Waals surface area contributed by atoms with Gasteiger partial charge in [0.1, 0.15) is 5.58 Å². The molecule has 3 heterocycles. The Labute approximate surface area is 177 Å². The van der Waals surface area contributed by atoms with Crippen molar-refractivity contribution in [2.75, 3.05) is 32.1 Å². The lowest BCUT2D eigenvalue weighted by molar-refractivity contribution is 0.103. The third kappa shape index (κ3) is 3.46. The molecule has 2 aromatic carbocycles. The molecule has 1 aromatic heterocycles. The maximum atomic E-state index is 13.2. The Hall–Kier alpha value is -2.85. The lowest BCUT2D eigenvalue weighted by Crippen LogP contribution is -2.41. The quantitative estimate of drug-likeness (QED) is 0.552. The summed E-state index contributed by atoms with van der Waals surface area (Å²) < 4.78 is 5.86. The summed E-state index contributed by atoms with van der Waals surface area (Å²) in [7, 11) is 3.97. The first-order valence-electron chi connectivity index (χ1n) is 10.9. The maximum absolute atomic E-state index is 13.2. The Bertz CT molecular complexity index is 1130. The molecule has 0 bridgehead atoms. The van der Waals surface area contributed by atoms with Crippen LogP contribution >= 0.6 is 0 Å². The minimum atomic E-state index is 0.0452. The van der Waals surface area contributed by atoms with Gasteiger partial charge in [0.2, 0.25) is 0 Å². The molecule has 3 aromatic rings. The predicted molar refractivity (Wildman–Crippen MR) is 122 cm³/mol. The average molecular weight is 401 g/mol. The van der Waals surface area contributed by atoms with E-state index in [4.69, 9.17) is 4.42 Å². The van der Waals surface area contributed by atoms with Gasteiger partial charge in [-0.05, 0) is 61.7 Å². The molecule has 0 radical (unpaired) electrons. The molecular formula is C26H28N2O2. The Morgan fingerprint density at radius 1 is 1.10 bits per heavy atom. The second-order valence-corrected chi connectivity index (χ2v) is 8.71. The topological polar surface area (TPSA) is 36.7 Å². The summed E-state index contributed by atoms with van der Waals surface area (Å²) >= 11 is 0. The molecule has 5 rings (SSSR count). The van der Waals surface area contributed by atoms with Gasteiger partial charge in [0.15, 0.2) is 5.78 Å². The number of rotatable bonds is 4. The first kappa shape index (κ1) is 19.1. The highest BCUT2D eigenvalue weighted by Gasteiger charge is 2.27. The Kier molecular flexibility index (Phi) is 4.95. The van der Waals surface area contributed by atoms with E-state index >= 15 is 0 Å². The van der Waals surface area contributed by atoms with Crippen LogP contribution in [0.1, 0.15) is 47.2 Å². The summed E-state index contributed by atoms with van der Waals surface area (Å²) in [5, 5.41) is 1.04. The van der Waals surface area contributed by atoms with Crippen LogP contribution in [0.25, 0.3) is 16.5 Å². The molecular weight excluding hydrogens is 372 g/mol. The Morgan fingerprint density at radius 2 is 1.97 bits per heavy atom. The number of hydrogen-bond donors (Lipinski definition) is 0. The SMILES string of the molecule is CN(C)c1cccc(C(=O)c2ccc3occ(C4=CCN5CCCCC5C4)c3c2)c1. The van der Waals surface area contributed by atoms with Crippen LogP contribution in [0, 0.1) is 0 Å². The fourth-order valence-electron chi connectivity index (χ4n) is 4.83. The molecule has 2 aliphatic heterocycles. The third-order valence-electron chi connectivity index (χ3n) is 6.58. The number of benzene rings is 2. The molecule has 1 saturated heterocycles. The first-order chi connectivity index (χ1) is 14.6. The second kappa shape index (κ2) is 7.77. The van der Waals surface area contributed by atoms with E-state index in [0.29, 0.717) is 17.2 Å². The van der Waals surface area contributed by atoms with E-state index in [1.807, 2.05) is 67.7 Å². The van der Waals surface area contributed by atoms with Crippen molar-refractivity contribution in [3.8, 4) is 0 Å². The largest absolute Gasteiger partial charge is 0.464 e. The summed E-state index contributed by atoms with van der Waals surface area (Å²) in [6.07, 6.45) is 9.20. The van der Waals surface area contributed by atoms with Crippen molar-refractivity contribution < 1.29 is 9.21 Å². The molecule has 0 aliphatic carbocycles. The summed E-state index contributed by atoms with van der Waals surface area (Å²) in [5.74, 6) is 0.0452. The zero-order valence-electron chi connectivity index (χ0n) is 17.7. The van der Waals surface area contributed by atoms with Crippen molar-refractivity contribution >= 4 is 28.0 Å². The normalized spacial score (nSPS) is 19.4. The molecule has 154 valence electrons.